The number of ether oxygens (including phenoxy) is 1. The van der Waals surface area contributed by atoms with Gasteiger partial charge in [-0.15, -0.1) is 0 Å². The van der Waals surface area contributed by atoms with E-state index in [1.54, 1.807) is 25.4 Å². The molecular formula is C22H19ClFN3O. The molecule has 0 radical (unpaired) electrons. The summed E-state index contributed by atoms with van der Waals surface area (Å²) < 4.78 is 20.1. The normalized spacial score (nSPS) is 11.1. The minimum Gasteiger partial charge on any atom is -0.496 e. The molecule has 6 heteroatoms. The Morgan fingerprint density at radius 1 is 1.04 bits per heavy atom. The first-order chi connectivity index (χ1) is 13.7. The van der Waals surface area contributed by atoms with Crippen molar-refractivity contribution in [2.75, 3.05) is 7.11 Å². The summed E-state index contributed by atoms with van der Waals surface area (Å²) in [7, 11) is 1.61. The van der Waals surface area contributed by atoms with Gasteiger partial charge in [-0.25, -0.2) is 9.97 Å². The van der Waals surface area contributed by atoms with Crippen LogP contribution in [0.2, 0.25) is 5.02 Å². The van der Waals surface area contributed by atoms with Gasteiger partial charge in [-0.1, -0.05) is 35.9 Å². The maximum absolute atomic E-state index is 14.6. The predicted octanol–water partition coefficient (Wildman–Crippen LogP) is 5.14. The van der Waals surface area contributed by atoms with Crippen molar-refractivity contribution in [1.29, 1.82) is 0 Å². The van der Waals surface area contributed by atoms with E-state index in [0.717, 1.165) is 33.6 Å². The first-order valence-corrected chi connectivity index (χ1v) is 9.40. The lowest BCUT2D eigenvalue weighted by molar-refractivity contribution is 0.419. The van der Waals surface area contributed by atoms with E-state index in [2.05, 4.69) is 15.0 Å². The molecule has 4 rings (SSSR count). The van der Waals surface area contributed by atoms with Gasteiger partial charge in [0.2, 0.25) is 5.95 Å². The highest BCUT2D eigenvalue weighted by molar-refractivity contribution is 6.31. The first kappa shape index (κ1) is 18.4. The number of benzene rings is 1. The fraction of sp³-hybridized carbons (Fsp3) is 0.182. The Bertz CT molecular complexity index is 1130. The summed E-state index contributed by atoms with van der Waals surface area (Å²) in [5.41, 5.74) is 3.92. The second-order valence-electron chi connectivity index (χ2n) is 6.57. The van der Waals surface area contributed by atoms with Crippen molar-refractivity contribution in [1.82, 2.24) is 15.0 Å². The van der Waals surface area contributed by atoms with Crippen LogP contribution in [0.25, 0.3) is 11.0 Å². The van der Waals surface area contributed by atoms with Gasteiger partial charge in [0, 0.05) is 35.1 Å². The summed E-state index contributed by atoms with van der Waals surface area (Å²) in [4.78, 5) is 11.6. The minimum absolute atomic E-state index is 0.408. The van der Waals surface area contributed by atoms with Crippen LogP contribution in [0.15, 0.2) is 54.9 Å². The SMILES string of the molecule is COc1ccnc2[nH]cc(Cc3ccc(CCc4ccccc4Cl)nc3F)c12. The molecule has 0 fully saturated rings. The van der Waals surface area contributed by atoms with Crippen LogP contribution < -0.4 is 4.74 Å². The monoisotopic (exact) mass is 395 g/mol. The number of methoxy groups -OCH3 is 1. The van der Waals surface area contributed by atoms with Gasteiger partial charge in [0.1, 0.15) is 11.4 Å². The number of fused-ring (bicyclic) bond motifs is 1. The lowest BCUT2D eigenvalue weighted by Gasteiger charge is -2.08. The van der Waals surface area contributed by atoms with Gasteiger partial charge >= 0.3 is 0 Å². The molecular weight excluding hydrogens is 377 g/mol. The van der Waals surface area contributed by atoms with E-state index in [1.807, 2.05) is 36.5 Å². The molecule has 0 aliphatic heterocycles. The Kier molecular flexibility index (Phi) is 5.26. The molecule has 0 spiro atoms. The molecule has 0 aliphatic carbocycles. The lowest BCUT2D eigenvalue weighted by atomic mass is 10.0. The third-order valence-electron chi connectivity index (χ3n) is 4.81. The molecule has 3 aromatic heterocycles. The number of aromatic amines is 1. The molecule has 0 saturated heterocycles. The third kappa shape index (κ3) is 3.71. The van der Waals surface area contributed by atoms with E-state index < -0.39 is 5.95 Å². The van der Waals surface area contributed by atoms with Crippen molar-refractivity contribution >= 4 is 22.6 Å². The Morgan fingerprint density at radius 2 is 1.89 bits per heavy atom. The molecule has 0 unspecified atom stereocenters. The highest BCUT2D eigenvalue weighted by Crippen LogP contribution is 2.29. The van der Waals surface area contributed by atoms with Gasteiger partial charge in [-0.3, -0.25) is 0 Å². The molecule has 4 aromatic rings. The highest BCUT2D eigenvalue weighted by Gasteiger charge is 2.14. The van der Waals surface area contributed by atoms with E-state index >= 15 is 0 Å². The van der Waals surface area contributed by atoms with Gasteiger partial charge in [0.05, 0.1) is 12.5 Å². The van der Waals surface area contributed by atoms with Crippen LogP contribution in [-0.4, -0.2) is 22.1 Å². The van der Waals surface area contributed by atoms with Crippen molar-refractivity contribution in [3.8, 4) is 5.75 Å². The molecule has 142 valence electrons. The molecule has 0 bridgehead atoms. The standard InChI is InChI=1S/C22H19ClFN3O/c1-28-19-10-11-25-22-20(19)16(13-26-22)12-15-7-9-17(27-21(15)24)8-6-14-4-2-3-5-18(14)23/h2-5,7,9-11,13H,6,8,12H2,1H3,(H,25,26). The fourth-order valence-electron chi connectivity index (χ4n) is 3.34. The molecule has 0 aliphatic rings. The number of aryl methyl sites for hydroxylation is 2. The second kappa shape index (κ2) is 7.98. The fourth-order valence-corrected chi connectivity index (χ4v) is 3.57. The smallest absolute Gasteiger partial charge is 0.216 e. The van der Waals surface area contributed by atoms with Gasteiger partial charge < -0.3 is 9.72 Å². The topological polar surface area (TPSA) is 50.8 Å². The largest absolute Gasteiger partial charge is 0.496 e. The number of hydrogen-bond donors (Lipinski definition) is 1. The maximum atomic E-state index is 14.6. The second-order valence-corrected chi connectivity index (χ2v) is 6.98. The Morgan fingerprint density at radius 3 is 2.68 bits per heavy atom. The number of rotatable bonds is 6. The van der Waals surface area contributed by atoms with Gasteiger partial charge in [-0.05, 0) is 42.2 Å². The number of aromatic nitrogens is 3. The summed E-state index contributed by atoms with van der Waals surface area (Å²) in [6, 6.07) is 13.2. The summed E-state index contributed by atoms with van der Waals surface area (Å²) in [6.07, 6.45) is 5.27. The number of hydrogen-bond acceptors (Lipinski definition) is 3. The average molecular weight is 396 g/mol. The molecule has 0 amide bonds. The van der Waals surface area contributed by atoms with Crippen LogP contribution >= 0.6 is 11.6 Å². The Balaban J connectivity index is 1.53. The Labute approximate surface area is 167 Å². The van der Waals surface area contributed by atoms with Crippen molar-refractivity contribution in [2.24, 2.45) is 0 Å². The van der Waals surface area contributed by atoms with Crippen LogP contribution in [0.3, 0.4) is 0 Å². The summed E-state index contributed by atoms with van der Waals surface area (Å²) >= 11 is 6.19. The van der Waals surface area contributed by atoms with Crippen molar-refractivity contribution in [3.63, 3.8) is 0 Å². The minimum atomic E-state index is -0.450. The highest BCUT2D eigenvalue weighted by atomic mass is 35.5. The molecule has 3 heterocycles. The lowest BCUT2D eigenvalue weighted by Crippen LogP contribution is -2.01. The zero-order chi connectivity index (χ0) is 19.5. The number of H-pyrrole nitrogens is 1. The van der Waals surface area contributed by atoms with Crippen molar-refractivity contribution in [2.45, 2.75) is 19.3 Å². The zero-order valence-corrected chi connectivity index (χ0v) is 16.1. The van der Waals surface area contributed by atoms with Gasteiger partial charge in [-0.2, -0.15) is 4.39 Å². The first-order valence-electron chi connectivity index (χ1n) is 9.02. The van der Waals surface area contributed by atoms with E-state index in [4.69, 9.17) is 16.3 Å². The number of pyridine rings is 2. The van der Waals surface area contributed by atoms with Crippen LogP contribution in [-0.2, 0) is 19.3 Å². The molecule has 1 aromatic carbocycles. The van der Waals surface area contributed by atoms with Crippen molar-refractivity contribution in [3.05, 3.63) is 88.2 Å². The maximum Gasteiger partial charge on any atom is 0.216 e. The van der Waals surface area contributed by atoms with E-state index in [1.165, 1.54) is 0 Å². The molecule has 4 nitrogen and oxygen atoms in total. The molecule has 0 atom stereocenters. The van der Waals surface area contributed by atoms with E-state index in [0.29, 0.717) is 29.8 Å². The number of nitrogens with one attached hydrogen (secondary N) is 1. The van der Waals surface area contributed by atoms with E-state index in [9.17, 15) is 4.39 Å². The van der Waals surface area contributed by atoms with Crippen LogP contribution in [0.1, 0.15) is 22.4 Å². The number of nitrogens with zero attached hydrogens (tertiary/aromatic N) is 2. The van der Waals surface area contributed by atoms with Gasteiger partial charge in [0.25, 0.3) is 0 Å². The molecule has 28 heavy (non-hydrogen) atoms. The Hall–Kier alpha value is -2.92. The van der Waals surface area contributed by atoms with Gasteiger partial charge in [0.15, 0.2) is 0 Å². The summed E-state index contributed by atoms with van der Waals surface area (Å²) in [5, 5.41) is 1.59. The molecule has 0 saturated carbocycles. The predicted molar refractivity (Wildman–Crippen MR) is 109 cm³/mol. The summed E-state index contributed by atoms with van der Waals surface area (Å²) in [5.74, 6) is 0.264. The van der Waals surface area contributed by atoms with Crippen LogP contribution in [0.5, 0.6) is 5.75 Å². The summed E-state index contributed by atoms with van der Waals surface area (Å²) in [6.45, 7) is 0. The van der Waals surface area contributed by atoms with Crippen LogP contribution in [0, 0.1) is 5.95 Å². The third-order valence-corrected chi connectivity index (χ3v) is 5.18. The van der Waals surface area contributed by atoms with E-state index in [-0.39, 0.29) is 0 Å². The quantitative estimate of drug-likeness (QED) is 0.460. The number of halogens is 2. The van der Waals surface area contributed by atoms with Crippen LogP contribution in [0.4, 0.5) is 4.39 Å². The average Bonchev–Trinajstić information content (AvgIpc) is 3.12. The molecule has 1 N–H and O–H groups in total. The van der Waals surface area contributed by atoms with Crippen molar-refractivity contribution < 1.29 is 9.13 Å². The zero-order valence-electron chi connectivity index (χ0n) is 15.4.